The van der Waals surface area contributed by atoms with Crippen LogP contribution in [-0.4, -0.2) is 83.0 Å². The number of hydrogen-bond donors (Lipinski definition) is 0. The molecule has 0 radical (unpaired) electrons. The van der Waals surface area contributed by atoms with Gasteiger partial charge in [0.15, 0.2) is 0 Å². The first-order chi connectivity index (χ1) is 13.7. The number of amides is 1. The van der Waals surface area contributed by atoms with Crippen molar-refractivity contribution in [3.8, 4) is 0 Å². The van der Waals surface area contributed by atoms with Crippen LogP contribution in [0.4, 0.5) is 11.8 Å². The van der Waals surface area contributed by atoms with Crippen molar-refractivity contribution in [1.29, 1.82) is 0 Å². The molecule has 0 unspecified atom stereocenters. The predicted molar refractivity (Wildman–Crippen MR) is 102 cm³/mol. The number of morpholine rings is 1. The molecule has 1 amide bonds. The molecule has 0 atom stereocenters. The summed E-state index contributed by atoms with van der Waals surface area (Å²) in [7, 11) is 0. The van der Waals surface area contributed by atoms with E-state index in [-0.39, 0.29) is 18.0 Å². The van der Waals surface area contributed by atoms with Gasteiger partial charge in [0.05, 0.1) is 13.2 Å². The van der Waals surface area contributed by atoms with Gasteiger partial charge in [-0.25, -0.2) is 9.67 Å². The molecule has 2 aliphatic heterocycles. The highest BCUT2D eigenvalue weighted by atomic mass is 16.5. The summed E-state index contributed by atoms with van der Waals surface area (Å²) >= 11 is 0. The molecular formula is C18H23N7O3. The van der Waals surface area contributed by atoms with Crippen LogP contribution in [0, 0.1) is 0 Å². The lowest BCUT2D eigenvalue weighted by atomic mass is 10.3. The molecule has 0 aliphatic carbocycles. The van der Waals surface area contributed by atoms with Crippen LogP contribution < -0.4 is 15.4 Å². The van der Waals surface area contributed by atoms with E-state index in [4.69, 9.17) is 9.72 Å². The Bertz CT molecular complexity index is 873. The van der Waals surface area contributed by atoms with Crippen molar-refractivity contribution >= 4 is 17.7 Å². The van der Waals surface area contributed by atoms with Crippen LogP contribution in [0.25, 0.3) is 0 Å². The quantitative estimate of drug-likeness (QED) is 0.676. The smallest absolute Gasteiger partial charge is 0.267 e. The number of piperazine rings is 1. The number of carbonyl (C=O) groups excluding carboxylic acids is 1. The summed E-state index contributed by atoms with van der Waals surface area (Å²) in [6.45, 7) is 5.45. The molecule has 2 fully saturated rings. The summed E-state index contributed by atoms with van der Waals surface area (Å²) in [5, 5.41) is 3.95. The SMILES string of the molecule is O=C(Cn1ncccc1=O)N1CCN(c2ccnc(N3CCOCC3)n2)CC1. The van der Waals surface area contributed by atoms with E-state index < -0.39 is 0 Å². The molecule has 0 bridgehead atoms. The fourth-order valence-electron chi connectivity index (χ4n) is 3.35. The molecule has 4 heterocycles. The molecule has 0 saturated carbocycles. The zero-order valence-electron chi connectivity index (χ0n) is 15.6. The van der Waals surface area contributed by atoms with Crippen molar-refractivity contribution < 1.29 is 9.53 Å². The van der Waals surface area contributed by atoms with Crippen molar-refractivity contribution in [3.05, 3.63) is 40.9 Å². The number of carbonyl (C=O) groups is 1. The minimum atomic E-state index is -0.272. The molecule has 4 rings (SSSR count). The Kier molecular flexibility index (Phi) is 5.47. The van der Waals surface area contributed by atoms with Crippen LogP contribution in [-0.2, 0) is 16.1 Å². The number of hydrogen-bond acceptors (Lipinski definition) is 8. The maximum atomic E-state index is 12.5. The molecule has 0 spiro atoms. The maximum Gasteiger partial charge on any atom is 0.267 e. The lowest BCUT2D eigenvalue weighted by molar-refractivity contribution is -0.132. The average molecular weight is 385 g/mol. The normalized spacial score (nSPS) is 17.6. The van der Waals surface area contributed by atoms with Gasteiger partial charge >= 0.3 is 0 Å². The number of nitrogens with zero attached hydrogens (tertiary/aromatic N) is 7. The van der Waals surface area contributed by atoms with Crippen LogP contribution in [0.1, 0.15) is 0 Å². The topological polar surface area (TPSA) is 96.7 Å². The molecule has 28 heavy (non-hydrogen) atoms. The average Bonchev–Trinajstić information content (AvgIpc) is 2.76. The Hall–Kier alpha value is -3.01. The Labute approximate surface area is 162 Å². The first kappa shape index (κ1) is 18.4. The Morgan fingerprint density at radius 1 is 1.00 bits per heavy atom. The first-order valence-electron chi connectivity index (χ1n) is 9.41. The van der Waals surface area contributed by atoms with Crippen LogP contribution in [0.2, 0.25) is 0 Å². The molecule has 2 aromatic heterocycles. The van der Waals surface area contributed by atoms with Crippen LogP contribution in [0.5, 0.6) is 0 Å². The van der Waals surface area contributed by atoms with E-state index in [1.165, 1.54) is 16.9 Å². The predicted octanol–water partition coefficient (Wildman–Crippen LogP) is -0.781. The van der Waals surface area contributed by atoms with Gasteiger partial charge in [-0.15, -0.1) is 0 Å². The third kappa shape index (κ3) is 4.11. The van der Waals surface area contributed by atoms with Gasteiger partial charge in [0.2, 0.25) is 11.9 Å². The van der Waals surface area contributed by atoms with Gasteiger partial charge in [-0.2, -0.15) is 10.1 Å². The number of ether oxygens (including phenoxy) is 1. The van der Waals surface area contributed by atoms with Gasteiger partial charge in [0, 0.05) is 57.7 Å². The monoisotopic (exact) mass is 385 g/mol. The molecule has 2 aromatic rings. The van der Waals surface area contributed by atoms with E-state index in [0.717, 1.165) is 18.9 Å². The largest absolute Gasteiger partial charge is 0.378 e. The fourth-order valence-corrected chi connectivity index (χ4v) is 3.35. The molecule has 0 N–H and O–H groups in total. The van der Waals surface area contributed by atoms with Gasteiger partial charge < -0.3 is 19.4 Å². The van der Waals surface area contributed by atoms with E-state index in [2.05, 4.69) is 19.9 Å². The summed E-state index contributed by atoms with van der Waals surface area (Å²) in [6.07, 6.45) is 3.28. The van der Waals surface area contributed by atoms with E-state index in [1.807, 2.05) is 6.07 Å². The minimum Gasteiger partial charge on any atom is -0.378 e. The third-order valence-corrected chi connectivity index (χ3v) is 4.95. The number of rotatable bonds is 4. The van der Waals surface area contributed by atoms with Gasteiger partial charge in [-0.05, 0) is 12.1 Å². The Balaban J connectivity index is 1.35. The molecule has 2 aliphatic rings. The third-order valence-electron chi connectivity index (χ3n) is 4.95. The highest BCUT2D eigenvalue weighted by molar-refractivity contribution is 5.76. The van der Waals surface area contributed by atoms with Crippen molar-refractivity contribution in [1.82, 2.24) is 24.6 Å². The standard InChI is InChI=1S/C18H23N7O3/c26-16-2-1-4-20-25(16)14-17(27)23-8-6-22(7-9-23)15-3-5-19-18(21-15)24-10-12-28-13-11-24/h1-5H,6-14H2. The summed E-state index contributed by atoms with van der Waals surface area (Å²) in [6, 6.07) is 4.86. The Morgan fingerprint density at radius 3 is 2.54 bits per heavy atom. The van der Waals surface area contributed by atoms with Crippen LogP contribution in [0.15, 0.2) is 35.4 Å². The summed E-state index contributed by atoms with van der Waals surface area (Å²) in [5.41, 5.74) is -0.272. The van der Waals surface area contributed by atoms with Crippen molar-refractivity contribution in [2.24, 2.45) is 0 Å². The lowest BCUT2D eigenvalue weighted by Gasteiger charge is -2.36. The number of anilines is 2. The highest BCUT2D eigenvalue weighted by Crippen LogP contribution is 2.17. The minimum absolute atomic E-state index is 0.0334. The first-order valence-corrected chi connectivity index (χ1v) is 9.41. The fraction of sp³-hybridized carbons (Fsp3) is 0.500. The molecular weight excluding hydrogens is 362 g/mol. The van der Waals surface area contributed by atoms with Gasteiger partial charge in [-0.3, -0.25) is 9.59 Å². The zero-order chi connectivity index (χ0) is 19.3. The summed E-state index contributed by atoms with van der Waals surface area (Å²) in [5.74, 6) is 1.48. The van der Waals surface area contributed by atoms with Crippen LogP contribution in [0.3, 0.4) is 0 Å². The maximum absolute atomic E-state index is 12.5. The second-order valence-corrected chi connectivity index (χ2v) is 6.70. The zero-order valence-corrected chi connectivity index (χ0v) is 15.6. The second kappa shape index (κ2) is 8.34. The molecule has 0 aromatic carbocycles. The molecule has 10 heteroatoms. The summed E-state index contributed by atoms with van der Waals surface area (Å²) in [4.78, 5) is 39.3. The van der Waals surface area contributed by atoms with E-state index in [9.17, 15) is 9.59 Å². The number of aromatic nitrogens is 4. The summed E-state index contributed by atoms with van der Waals surface area (Å²) < 4.78 is 6.57. The van der Waals surface area contributed by atoms with E-state index in [1.54, 1.807) is 17.2 Å². The highest BCUT2D eigenvalue weighted by Gasteiger charge is 2.23. The molecule has 2 saturated heterocycles. The molecule has 10 nitrogen and oxygen atoms in total. The van der Waals surface area contributed by atoms with Crippen molar-refractivity contribution in [2.45, 2.75) is 6.54 Å². The molecule has 148 valence electrons. The van der Waals surface area contributed by atoms with E-state index >= 15 is 0 Å². The van der Waals surface area contributed by atoms with Crippen molar-refractivity contribution in [2.75, 3.05) is 62.3 Å². The van der Waals surface area contributed by atoms with Crippen LogP contribution >= 0.6 is 0 Å². The van der Waals surface area contributed by atoms with Gasteiger partial charge in [-0.1, -0.05) is 0 Å². The van der Waals surface area contributed by atoms with Crippen molar-refractivity contribution in [3.63, 3.8) is 0 Å². The lowest BCUT2D eigenvalue weighted by Crippen LogP contribution is -2.50. The Morgan fingerprint density at radius 2 is 1.79 bits per heavy atom. The second-order valence-electron chi connectivity index (χ2n) is 6.70. The van der Waals surface area contributed by atoms with Gasteiger partial charge in [0.25, 0.3) is 5.56 Å². The van der Waals surface area contributed by atoms with Gasteiger partial charge in [0.1, 0.15) is 12.4 Å². The van der Waals surface area contributed by atoms with E-state index in [0.29, 0.717) is 45.3 Å².